The Kier molecular flexibility index (Phi) is 3.65. The van der Waals surface area contributed by atoms with E-state index >= 15 is 0 Å². The third kappa shape index (κ3) is 2.71. The van der Waals surface area contributed by atoms with Crippen molar-refractivity contribution >= 4 is 17.5 Å². The maximum Gasteiger partial charge on any atom is 0.229 e. The molecule has 1 aromatic carbocycles. The zero-order valence-electron chi connectivity index (χ0n) is 12.6. The molecule has 0 aliphatic carbocycles. The summed E-state index contributed by atoms with van der Waals surface area (Å²) in [5, 5.41) is 17.5. The highest BCUT2D eigenvalue weighted by Crippen LogP contribution is 2.21. The Balaban J connectivity index is 1.91. The van der Waals surface area contributed by atoms with Gasteiger partial charge < -0.3 is 10.6 Å². The van der Waals surface area contributed by atoms with Gasteiger partial charge in [0.15, 0.2) is 0 Å². The topological polar surface area (TPSA) is 93.4 Å². The zero-order chi connectivity index (χ0) is 15.5. The first-order chi connectivity index (χ1) is 10.7. The van der Waals surface area contributed by atoms with Crippen LogP contribution in [0.5, 0.6) is 0 Å². The summed E-state index contributed by atoms with van der Waals surface area (Å²) in [4.78, 5) is 8.71. The molecule has 8 heteroatoms. The highest BCUT2D eigenvalue weighted by molar-refractivity contribution is 5.60. The fourth-order valence-corrected chi connectivity index (χ4v) is 2.09. The number of rotatable bonds is 4. The molecule has 0 aliphatic rings. The number of anilines is 3. The molecule has 3 aromatic rings. The average Bonchev–Trinajstić information content (AvgIpc) is 3.05. The minimum atomic E-state index is 0.529. The predicted octanol–water partition coefficient (Wildman–Crippen LogP) is 1.85. The molecule has 0 saturated heterocycles. The molecule has 112 valence electrons. The predicted molar refractivity (Wildman–Crippen MR) is 83.5 cm³/mol. The van der Waals surface area contributed by atoms with E-state index in [2.05, 4.69) is 36.1 Å². The zero-order valence-corrected chi connectivity index (χ0v) is 12.6. The van der Waals surface area contributed by atoms with Crippen LogP contribution in [0.4, 0.5) is 17.5 Å². The molecular weight excluding hydrogens is 280 g/mol. The van der Waals surface area contributed by atoms with Gasteiger partial charge in [0.1, 0.15) is 12.1 Å². The Labute approximate surface area is 127 Å². The first kappa shape index (κ1) is 13.9. The number of aromatic nitrogens is 6. The third-order valence-corrected chi connectivity index (χ3v) is 3.27. The highest BCUT2D eigenvalue weighted by atomic mass is 15.5. The molecule has 0 atom stereocenters. The summed E-state index contributed by atoms with van der Waals surface area (Å²) < 4.78 is 1.62. The van der Waals surface area contributed by atoms with Gasteiger partial charge in [0, 0.05) is 24.5 Å². The maximum absolute atomic E-state index is 4.42. The van der Waals surface area contributed by atoms with Crippen molar-refractivity contribution in [2.45, 2.75) is 13.8 Å². The maximum atomic E-state index is 4.42. The van der Waals surface area contributed by atoms with Gasteiger partial charge in [0.25, 0.3) is 0 Å². The molecular formula is C14H16N8. The summed E-state index contributed by atoms with van der Waals surface area (Å²) in [5.74, 6) is 1.33. The number of nitrogens with zero attached hydrogens (tertiary/aromatic N) is 6. The molecule has 0 unspecified atom stereocenters. The lowest BCUT2D eigenvalue weighted by molar-refractivity contribution is 0.785. The summed E-state index contributed by atoms with van der Waals surface area (Å²) in [7, 11) is 1.83. The van der Waals surface area contributed by atoms with Crippen LogP contribution >= 0.6 is 0 Å². The number of nitrogens with one attached hydrogen (secondary N) is 2. The monoisotopic (exact) mass is 296 g/mol. The summed E-state index contributed by atoms with van der Waals surface area (Å²) in [5.41, 5.74) is 3.82. The van der Waals surface area contributed by atoms with Gasteiger partial charge in [-0.15, -0.1) is 5.10 Å². The molecule has 2 aromatic heterocycles. The fraction of sp³-hybridized carbons (Fsp3) is 0.214. The summed E-state index contributed by atoms with van der Waals surface area (Å²) >= 11 is 0. The van der Waals surface area contributed by atoms with E-state index in [1.54, 1.807) is 17.2 Å². The molecule has 0 saturated carbocycles. The van der Waals surface area contributed by atoms with Crippen LogP contribution in [0.15, 0.2) is 30.7 Å². The third-order valence-electron chi connectivity index (χ3n) is 3.27. The van der Waals surface area contributed by atoms with Crippen molar-refractivity contribution in [1.82, 2.24) is 30.2 Å². The van der Waals surface area contributed by atoms with Crippen molar-refractivity contribution in [2.75, 3.05) is 17.7 Å². The second-order valence-corrected chi connectivity index (χ2v) is 4.86. The van der Waals surface area contributed by atoms with E-state index in [4.69, 9.17) is 0 Å². The molecule has 2 heterocycles. The molecule has 0 bridgehead atoms. The van der Waals surface area contributed by atoms with Gasteiger partial charge in [-0.1, -0.05) is 6.07 Å². The summed E-state index contributed by atoms with van der Waals surface area (Å²) in [6.07, 6.45) is 3.34. The van der Waals surface area contributed by atoms with Crippen LogP contribution in [0.2, 0.25) is 0 Å². The van der Waals surface area contributed by atoms with E-state index in [1.807, 2.05) is 39.1 Å². The molecule has 0 aliphatic heterocycles. The van der Waals surface area contributed by atoms with Gasteiger partial charge in [-0.3, -0.25) is 0 Å². The second kappa shape index (κ2) is 5.76. The molecule has 0 amide bonds. The van der Waals surface area contributed by atoms with Crippen LogP contribution in [0.3, 0.4) is 0 Å². The minimum absolute atomic E-state index is 0.529. The van der Waals surface area contributed by atoms with Crippen molar-refractivity contribution in [2.24, 2.45) is 0 Å². The van der Waals surface area contributed by atoms with E-state index in [9.17, 15) is 0 Å². The van der Waals surface area contributed by atoms with Crippen LogP contribution in [-0.2, 0) is 0 Å². The molecule has 22 heavy (non-hydrogen) atoms. The van der Waals surface area contributed by atoms with E-state index in [0.717, 1.165) is 28.3 Å². The van der Waals surface area contributed by atoms with Gasteiger partial charge in [-0.05, 0) is 42.0 Å². The lowest BCUT2D eigenvalue weighted by Gasteiger charge is -2.11. The first-order valence-corrected chi connectivity index (χ1v) is 6.80. The molecule has 0 radical (unpaired) electrons. The number of tetrazole rings is 1. The van der Waals surface area contributed by atoms with Gasteiger partial charge in [0.2, 0.25) is 5.95 Å². The Morgan fingerprint density at radius 1 is 1.14 bits per heavy atom. The number of hydrogen-bond acceptors (Lipinski definition) is 7. The molecule has 8 nitrogen and oxygen atoms in total. The van der Waals surface area contributed by atoms with Crippen molar-refractivity contribution in [3.8, 4) is 5.69 Å². The highest BCUT2D eigenvalue weighted by Gasteiger charge is 2.07. The lowest BCUT2D eigenvalue weighted by Crippen LogP contribution is -2.04. The first-order valence-electron chi connectivity index (χ1n) is 6.80. The molecule has 0 fully saturated rings. The van der Waals surface area contributed by atoms with Crippen LogP contribution < -0.4 is 10.6 Å². The van der Waals surface area contributed by atoms with E-state index in [0.29, 0.717) is 5.95 Å². The lowest BCUT2D eigenvalue weighted by atomic mass is 10.2. The van der Waals surface area contributed by atoms with Gasteiger partial charge in [0.05, 0.1) is 5.69 Å². The van der Waals surface area contributed by atoms with Crippen molar-refractivity contribution in [1.29, 1.82) is 0 Å². The van der Waals surface area contributed by atoms with Crippen molar-refractivity contribution < 1.29 is 0 Å². The normalized spacial score (nSPS) is 10.5. The minimum Gasteiger partial charge on any atom is -0.373 e. The number of benzene rings is 1. The van der Waals surface area contributed by atoms with E-state index < -0.39 is 0 Å². The molecule has 3 rings (SSSR count). The largest absolute Gasteiger partial charge is 0.373 e. The van der Waals surface area contributed by atoms with Crippen LogP contribution in [0.1, 0.15) is 11.1 Å². The molecule has 0 spiro atoms. The summed E-state index contributed by atoms with van der Waals surface area (Å²) in [6, 6.07) is 5.91. The Morgan fingerprint density at radius 2 is 2.00 bits per heavy atom. The van der Waals surface area contributed by atoms with Gasteiger partial charge in [-0.2, -0.15) is 4.98 Å². The second-order valence-electron chi connectivity index (χ2n) is 4.86. The van der Waals surface area contributed by atoms with Gasteiger partial charge in [-0.25, -0.2) is 9.67 Å². The van der Waals surface area contributed by atoms with Crippen molar-refractivity contribution in [3.05, 3.63) is 41.9 Å². The van der Waals surface area contributed by atoms with Crippen LogP contribution in [0.25, 0.3) is 5.69 Å². The van der Waals surface area contributed by atoms with Gasteiger partial charge >= 0.3 is 0 Å². The average molecular weight is 296 g/mol. The van der Waals surface area contributed by atoms with Crippen LogP contribution in [0, 0.1) is 13.8 Å². The van der Waals surface area contributed by atoms with E-state index in [1.165, 1.54) is 0 Å². The van der Waals surface area contributed by atoms with Crippen molar-refractivity contribution in [3.63, 3.8) is 0 Å². The molecule has 2 N–H and O–H groups in total. The SMILES string of the molecule is CNc1nc(Nc2ccc(C)c(-n3cnnn3)c2)ncc1C. The number of hydrogen-bond donors (Lipinski definition) is 2. The fourth-order valence-electron chi connectivity index (χ4n) is 2.09. The Hall–Kier alpha value is -3.03. The smallest absolute Gasteiger partial charge is 0.229 e. The van der Waals surface area contributed by atoms with Crippen LogP contribution in [-0.4, -0.2) is 37.2 Å². The Bertz CT molecular complexity index is 782. The number of aryl methyl sites for hydroxylation is 2. The summed E-state index contributed by atoms with van der Waals surface area (Å²) in [6.45, 7) is 3.96. The quantitative estimate of drug-likeness (QED) is 0.758. The Morgan fingerprint density at radius 3 is 2.73 bits per heavy atom. The standard InChI is InChI=1S/C14H16N8/c1-9-4-5-11(6-12(9)22-8-17-20-21-22)18-14-16-7-10(2)13(15-3)19-14/h4-8H,1-3H3,(H2,15,16,18,19). The van der Waals surface area contributed by atoms with E-state index in [-0.39, 0.29) is 0 Å².